The van der Waals surface area contributed by atoms with Gasteiger partial charge in [0.15, 0.2) is 0 Å². The molecule has 0 saturated carbocycles. The fraction of sp³-hybridized carbons (Fsp3) is 0.923. The van der Waals surface area contributed by atoms with E-state index in [1.165, 1.54) is 0 Å². The van der Waals surface area contributed by atoms with Gasteiger partial charge in [0.2, 0.25) is 5.91 Å². The summed E-state index contributed by atoms with van der Waals surface area (Å²) in [5, 5.41) is 9.73. The van der Waals surface area contributed by atoms with Gasteiger partial charge < -0.3 is 19.6 Å². The molecule has 0 spiro atoms. The van der Waals surface area contributed by atoms with Crippen molar-refractivity contribution in [1.29, 1.82) is 0 Å². The summed E-state index contributed by atoms with van der Waals surface area (Å²) >= 11 is 0. The summed E-state index contributed by atoms with van der Waals surface area (Å²) in [5.41, 5.74) is 0. The van der Waals surface area contributed by atoms with Crippen molar-refractivity contribution < 1.29 is 14.6 Å². The van der Waals surface area contributed by atoms with Crippen LogP contribution in [0.4, 0.5) is 0 Å². The lowest BCUT2D eigenvalue weighted by Crippen LogP contribution is -2.42. The lowest BCUT2D eigenvalue weighted by molar-refractivity contribution is -0.133. The quantitative estimate of drug-likeness (QED) is 0.738. The number of aliphatic hydroxyl groups excluding tert-OH is 1. The first-order chi connectivity index (χ1) is 8.43. The fourth-order valence-electron chi connectivity index (χ4n) is 2.55. The minimum absolute atomic E-state index is 0.128. The fourth-order valence-corrected chi connectivity index (χ4v) is 2.55. The number of hydrogen-bond acceptors (Lipinski definition) is 4. The van der Waals surface area contributed by atoms with Crippen molar-refractivity contribution in [2.75, 3.05) is 40.9 Å². The van der Waals surface area contributed by atoms with Gasteiger partial charge in [-0.25, -0.2) is 0 Å². The summed E-state index contributed by atoms with van der Waals surface area (Å²) in [7, 11) is 5.62. The Bertz CT molecular complexity index is 271. The van der Waals surface area contributed by atoms with Gasteiger partial charge in [-0.15, -0.1) is 0 Å². The van der Waals surface area contributed by atoms with Crippen molar-refractivity contribution in [3.05, 3.63) is 0 Å². The topological polar surface area (TPSA) is 53.0 Å². The highest BCUT2D eigenvalue weighted by Gasteiger charge is 2.34. The van der Waals surface area contributed by atoms with E-state index < -0.39 is 0 Å². The molecule has 0 aliphatic carbocycles. The molecule has 1 heterocycles. The van der Waals surface area contributed by atoms with Crippen LogP contribution < -0.4 is 0 Å². The van der Waals surface area contributed by atoms with E-state index in [1.807, 2.05) is 25.9 Å². The Hall–Kier alpha value is -0.650. The number of carbonyl (C=O) groups excluding carboxylic acids is 1. The number of methoxy groups -OCH3 is 1. The van der Waals surface area contributed by atoms with Gasteiger partial charge >= 0.3 is 0 Å². The van der Waals surface area contributed by atoms with Gasteiger partial charge in [-0.2, -0.15) is 0 Å². The highest BCUT2D eigenvalue weighted by atomic mass is 16.5. The molecule has 3 unspecified atom stereocenters. The Labute approximate surface area is 110 Å². The van der Waals surface area contributed by atoms with Crippen molar-refractivity contribution in [3.63, 3.8) is 0 Å². The molecule has 1 rings (SSSR count). The van der Waals surface area contributed by atoms with Gasteiger partial charge in [-0.3, -0.25) is 4.79 Å². The van der Waals surface area contributed by atoms with Crippen LogP contribution in [0.1, 0.15) is 19.8 Å². The summed E-state index contributed by atoms with van der Waals surface area (Å²) < 4.78 is 5.05. The minimum Gasteiger partial charge on any atom is -0.391 e. The Balaban J connectivity index is 2.53. The zero-order chi connectivity index (χ0) is 13.7. The average molecular weight is 258 g/mol. The van der Waals surface area contributed by atoms with Crippen LogP contribution in [0.15, 0.2) is 0 Å². The van der Waals surface area contributed by atoms with Gasteiger partial charge in [0.25, 0.3) is 0 Å². The average Bonchev–Trinajstić information content (AvgIpc) is 2.58. The molecule has 0 aromatic carbocycles. The van der Waals surface area contributed by atoms with Crippen molar-refractivity contribution in [3.8, 4) is 0 Å². The number of amides is 1. The molecule has 1 fully saturated rings. The van der Waals surface area contributed by atoms with Crippen LogP contribution in [-0.2, 0) is 9.53 Å². The van der Waals surface area contributed by atoms with Crippen molar-refractivity contribution in [1.82, 2.24) is 9.80 Å². The van der Waals surface area contributed by atoms with E-state index in [0.717, 1.165) is 6.54 Å². The predicted molar refractivity (Wildman–Crippen MR) is 70.3 cm³/mol. The first kappa shape index (κ1) is 15.4. The second-order valence-electron chi connectivity index (χ2n) is 5.62. The molecule has 1 amide bonds. The molecule has 1 N–H and O–H groups in total. The normalized spacial score (nSPS) is 25.8. The summed E-state index contributed by atoms with van der Waals surface area (Å²) in [6.45, 7) is 3.88. The van der Waals surface area contributed by atoms with Gasteiger partial charge in [0.05, 0.1) is 6.10 Å². The summed E-state index contributed by atoms with van der Waals surface area (Å²) in [6.07, 6.45) is 0.796. The molecule has 18 heavy (non-hydrogen) atoms. The number of hydrogen-bond donors (Lipinski definition) is 1. The molecule has 1 saturated heterocycles. The monoisotopic (exact) mass is 258 g/mol. The zero-order valence-electron chi connectivity index (χ0n) is 11.9. The second kappa shape index (κ2) is 7.07. The molecule has 1 aliphatic heterocycles. The highest BCUT2D eigenvalue weighted by Crippen LogP contribution is 2.20. The largest absolute Gasteiger partial charge is 0.391 e. The maximum absolute atomic E-state index is 12.2. The Morgan fingerprint density at radius 2 is 2.22 bits per heavy atom. The number of ether oxygens (including phenoxy) is 1. The van der Waals surface area contributed by atoms with E-state index in [-0.39, 0.29) is 24.0 Å². The molecule has 106 valence electrons. The molecular weight excluding hydrogens is 232 g/mol. The van der Waals surface area contributed by atoms with Crippen LogP contribution in [0.25, 0.3) is 0 Å². The molecule has 5 nitrogen and oxygen atoms in total. The van der Waals surface area contributed by atoms with Gasteiger partial charge in [-0.05, 0) is 26.4 Å². The summed E-state index contributed by atoms with van der Waals surface area (Å²) in [6, 6.07) is 0.136. The van der Waals surface area contributed by atoms with Crippen LogP contribution >= 0.6 is 0 Å². The van der Waals surface area contributed by atoms with Crippen LogP contribution in [0.2, 0.25) is 0 Å². The number of carbonyl (C=O) groups is 1. The van der Waals surface area contributed by atoms with E-state index in [2.05, 4.69) is 4.90 Å². The second-order valence-corrected chi connectivity index (χ2v) is 5.62. The maximum Gasteiger partial charge on any atom is 0.223 e. The Morgan fingerprint density at radius 1 is 1.56 bits per heavy atom. The molecule has 0 aromatic rings. The first-order valence-corrected chi connectivity index (χ1v) is 6.55. The first-order valence-electron chi connectivity index (χ1n) is 6.55. The third kappa shape index (κ3) is 4.55. The standard InChI is InChI=1S/C13H26N2O3/c1-10(9-18-4)5-13(17)15-8-12(16)6-11(15)7-14(2)3/h10-12,16H,5-9H2,1-4H3. The van der Waals surface area contributed by atoms with Crippen LogP contribution in [0.3, 0.4) is 0 Å². The van der Waals surface area contributed by atoms with Crippen molar-refractivity contribution in [2.24, 2.45) is 5.92 Å². The molecule has 0 aromatic heterocycles. The summed E-state index contributed by atoms with van der Waals surface area (Å²) in [5.74, 6) is 0.350. The third-order valence-corrected chi connectivity index (χ3v) is 3.26. The SMILES string of the molecule is COCC(C)CC(=O)N1CC(O)CC1CN(C)C. The number of likely N-dealkylation sites (tertiary alicyclic amines) is 1. The molecular formula is C13H26N2O3. The zero-order valence-corrected chi connectivity index (χ0v) is 11.9. The van der Waals surface area contributed by atoms with Crippen molar-refractivity contribution in [2.45, 2.75) is 31.9 Å². The Kier molecular flexibility index (Phi) is 6.05. The molecule has 1 aliphatic rings. The van der Waals surface area contributed by atoms with Crippen LogP contribution in [0, 0.1) is 5.92 Å². The predicted octanol–water partition coefficient (Wildman–Crippen LogP) is 0.182. The Morgan fingerprint density at radius 3 is 2.78 bits per heavy atom. The number of aliphatic hydroxyl groups is 1. The smallest absolute Gasteiger partial charge is 0.223 e. The third-order valence-electron chi connectivity index (χ3n) is 3.26. The van der Waals surface area contributed by atoms with Crippen LogP contribution in [0.5, 0.6) is 0 Å². The summed E-state index contributed by atoms with van der Waals surface area (Å²) in [4.78, 5) is 16.1. The van der Waals surface area contributed by atoms with Gasteiger partial charge in [0.1, 0.15) is 0 Å². The number of β-amino-alcohol motifs (C(OH)–C–C–N with tert-alkyl or cyclic N) is 1. The van der Waals surface area contributed by atoms with E-state index in [1.54, 1.807) is 7.11 Å². The van der Waals surface area contributed by atoms with E-state index in [4.69, 9.17) is 4.74 Å². The van der Waals surface area contributed by atoms with E-state index >= 15 is 0 Å². The number of nitrogens with zero attached hydrogens (tertiary/aromatic N) is 2. The lowest BCUT2D eigenvalue weighted by atomic mass is 10.1. The van der Waals surface area contributed by atoms with E-state index in [9.17, 15) is 9.90 Å². The van der Waals surface area contributed by atoms with Gasteiger partial charge in [-0.1, -0.05) is 6.92 Å². The van der Waals surface area contributed by atoms with Gasteiger partial charge in [0, 0.05) is 39.3 Å². The maximum atomic E-state index is 12.2. The molecule has 0 bridgehead atoms. The minimum atomic E-state index is -0.378. The van der Waals surface area contributed by atoms with Crippen molar-refractivity contribution >= 4 is 5.91 Å². The van der Waals surface area contributed by atoms with E-state index in [0.29, 0.717) is 26.0 Å². The molecule has 5 heteroatoms. The molecule has 3 atom stereocenters. The molecule has 0 radical (unpaired) electrons. The lowest BCUT2D eigenvalue weighted by Gasteiger charge is -2.27. The highest BCUT2D eigenvalue weighted by molar-refractivity contribution is 5.77. The number of likely N-dealkylation sites (N-methyl/N-ethyl adjacent to an activating group) is 1. The van der Waals surface area contributed by atoms with Crippen LogP contribution in [-0.4, -0.2) is 73.9 Å². The number of rotatable bonds is 6.